The number of carbonyl (C=O) groups excluding carboxylic acids is 1. The van der Waals surface area contributed by atoms with Gasteiger partial charge in [-0.25, -0.2) is 0 Å². The third-order valence-corrected chi connectivity index (χ3v) is 3.16. The Hall–Kier alpha value is -0.820. The molecule has 2 unspecified atom stereocenters. The Kier molecular flexibility index (Phi) is 5.20. The largest absolute Gasteiger partial charge is 0.393 e. The second-order valence-corrected chi connectivity index (χ2v) is 5.58. The summed E-state index contributed by atoms with van der Waals surface area (Å²) in [6.07, 6.45) is -4.01. The summed E-state index contributed by atoms with van der Waals surface area (Å²) < 4.78 is 42.4. The average molecular weight is 282 g/mol. The third-order valence-electron chi connectivity index (χ3n) is 3.16. The molecule has 4 nitrogen and oxygen atoms in total. The van der Waals surface area contributed by atoms with Gasteiger partial charge in [0.05, 0.1) is 24.1 Å². The number of ether oxygens (including phenoxy) is 1. The number of rotatable bonds is 4. The normalized spacial score (nSPS) is 25.2. The van der Waals surface area contributed by atoms with Gasteiger partial charge in [-0.3, -0.25) is 4.79 Å². The quantitative estimate of drug-likeness (QED) is 0.820. The Bertz CT molecular complexity index is 311. The predicted octanol–water partition coefficient (Wildman–Crippen LogP) is 1.46. The summed E-state index contributed by atoms with van der Waals surface area (Å²) in [5.74, 6) is -1.63. The highest BCUT2D eigenvalue weighted by Gasteiger charge is 2.42. The van der Waals surface area contributed by atoms with E-state index in [1.807, 2.05) is 0 Å². The lowest BCUT2D eigenvalue weighted by atomic mass is 9.93. The first-order chi connectivity index (χ1) is 8.65. The number of halogens is 3. The molecule has 1 aliphatic heterocycles. The van der Waals surface area contributed by atoms with Crippen LogP contribution in [0, 0.1) is 5.92 Å². The molecule has 112 valence electrons. The predicted molar refractivity (Wildman–Crippen MR) is 64.7 cm³/mol. The van der Waals surface area contributed by atoms with Crippen molar-refractivity contribution in [1.29, 1.82) is 0 Å². The molecule has 1 heterocycles. The number of carbonyl (C=O) groups is 1. The summed E-state index contributed by atoms with van der Waals surface area (Å²) in [4.78, 5) is 11.9. The highest BCUT2D eigenvalue weighted by molar-refractivity contribution is 5.82. The average Bonchev–Trinajstić information content (AvgIpc) is 2.27. The number of piperidine rings is 1. The van der Waals surface area contributed by atoms with Gasteiger partial charge in [0.2, 0.25) is 5.91 Å². The monoisotopic (exact) mass is 282 g/mol. The zero-order chi connectivity index (χ0) is 14.7. The first-order valence-electron chi connectivity index (χ1n) is 6.27. The van der Waals surface area contributed by atoms with E-state index >= 15 is 0 Å². The van der Waals surface area contributed by atoms with Crippen LogP contribution in [-0.2, 0) is 9.53 Å². The van der Waals surface area contributed by atoms with Crippen LogP contribution in [-0.4, -0.2) is 43.9 Å². The van der Waals surface area contributed by atoms with Gasteiger partial charge in [-0.2, -0.15) is 13.2 Å². The highest BCUT2D eigenvalue weighted by Crippen LogP contribution is 2.31. The Morgan fingerprint density at radius 1 is 1.37 bits per heavy atom. The van der Waals surface area contributed by atoms with Crippen LogP contribution < -0.4 is 10.6 Å². The molecule has 1 saturated heterocycles. The SMILES string of the molecule is COCC(C)(C)NC(=O)C1CCC(C(F)(F)F)CN1. The van der Waals surface area contributed by atoms with E-state index < -0.39 is 23.7 Å². The minimum Gasteiger partial charge on any atom is -0.382 e. The maximum atomic E-state index is 12.5. The number of amides is 1. The molecule has 0 bridgehead atoms. The second-order valence-electron chi connectivity index (χ2n) is 5.58. The number of alkyl halides is 3. The van der Waals surface area contributed by atoms with Crippen molar-refractivity contribution >= 4 is 5.91 Å². The zero-order valence-electron chi connectivity index (χ0n) is 11.4. The fourth-order valence-electron chi connectivity index (χ4n) is 2.18. The second kappa shape index (κ2) is 6.09. The van der Waals surface area contributed by atoms with Crippen LogP contribution in [0.3, 0.4) is 0 Å². The molecule has 1 amide bonds. The standard InChI is InChI=1S/C12H21F3N2O2/c1-11(2,7-19-3)17-10(18)9-5-4-8(6-16-9)12(13,14)15/h8-9,16H,4-7H2,1-3H3,(H,17,18). The summed E-state index contributed by atoms with van der Waals surface area (Å²) in [7, 11) is 1.53. The van der Waals surface area contributed by atoms with Crippen molar-refractivity contribution in [3.05, 3.63) is 0 Å². The molecule has 0 aromatic heterocycles. The Morgan fingerprint density at radius 3 is 2.42 bits per heavy atom. The van der Waals surface area contributed by atoms with Crippen LogP contribution in [0.4, 0.5) is 13.2 Å². The molecule has 0 spiro atoms. The van der Waals surface area contributed by atoms with Gasteiger partial charge >= 0.3 is 6.18 Å². The van der Waals surface area contributed by atoms with Gasteiger partial charge in [-0.1, -0.05) is 0 Å². The molecule has 7 heteroatoms. The van der Waals surface area contributed by atoms with Crippen molar-refractivity contribution < 1.29 is 22.7 Å². The first-order valence-corrected chi connectivity index (χ1v) is 6.27. The van der Waals surface area contributed by atoms with Crippen LogP contribution in [0.2, 0.25) is 0 Å². The van der Waals surface area contributed by atoms with E-state index in [2.05, 4.69) is 10.6 Å². The molecule has 1 rings (SSSR count). The van der Waals surface area contributed by atoms with Crippen molar-refractivity contribution in [1.82, 2.24) is 10.6 Å². The smallest absolute Gasteiger partial charge is 0.382 e. The maximum Gasteiger partial charge on any atom is 0.393 e. The number of hydrogen-bond donors (Lipinski definition) is 2. The number of nitrogens with one attached hydrogen (secondary N) is 2. The minimum absolute atomic E-state index is 0.0146. The maximum absolute atomic E-state index is 12.5. The first kappa shape index (κ1) is 16.2. The molecular weight excluding hydrogens is 261 g/mol. The van der Waals surface area contributed by atoms with Crippen LogP contribution in [0.5, 0.6) is 0 Å². The van der Waals surface area contributed by atoms with Crippen molar-refractivity contribution in [2.45, 2.75) is 44.4 Å². The molecular formula is C12H21F3N2O2. The van der Waals surface area contributed by atoms with Gasteiger partial charge in [0.25, 0.3) is 0 Å². The molecule has 0 aromatic carbocycles. The van der Waals surface area contributed by atoms with Crippen LogP contribution >= 0.6 is 0 Å². The zero-order valence-corrected chi connectivity index (χ0v) is 11.4. The summed E-state index contributed by atoms with van der Waals surface area (Å²) in [5.41, 5.74) is -0.533. The van der Waals surface area contributed by atoms with E-state index in [1.165, 1.54) is 7.11 Å². The van der Waals surface area contributed by atoms with Gasteiger partial charge in [-0.15, -0.1) is 0 Å². The van der Waals surface area contributed by atoms with Gasteiger partial charge in [0.15, 0.2) is 0 Å². The van der Waals surface area contributed by atoms with Crippen molar-refractivity contribution in [3.8, 4) is 0 Å². The summed E-state index contributed by atoms with van der Waals surface area (Å²) in [6, 6.07) is -0.560. The van der Waals surface area contributed by atoms with Crippen molar-refractivity contribution in [2.24, 2.45) is 5.92 Å². The molecule has 0 radical (unpaired) electrons. The van der Waals surface area contributed by atoms with E-state index in [0.29, 0.717) is 6.61 Å². The molecule has 1 fully saturated rings. The highest BCUT2D eigenvalue weighted by atomic mass is 19.4. The van der Waals surface area contributed by atoms with Gasteiger partial charge in [0.1, 0.15) is 0 Å². The minimum atomic E-state index is -4.19. The molecule has 0 saturated carbocycles. The molecule has 0 aliphatic carbocycles. The van der Waals surface area contributed by atoms with E-state index in [4.69, 9.17) is 4.74 Å². The fraction of sp³-hybridized carbons (Fsp3) is 0.917. The lowest BCUT2D eigenvalue weighted by Crippen LogP contribution is -2.56. The van der Waals surface area contributed by atoms with E-state index in [0.717, 1.165) is 0 Å². The number of methoxy groups -OCH3 is 1. The Morgan fingerprint density at radius 2 is 2.00 bits per heavy atom. The van der Waals surface area contributed by atoms with E-state index in [-0.39, 0.29) is 25.3 Å². The lowest BCUT2D eigenvalue weighted by Gasteiger charge is -2.33. The summed E-state index contributed by atoms with van der Waals surface area (Å²) in [6.45, 7) is 3.74. The summed E-state index contributed by atoms with van der Waals surface area (Å²) in [5, 5.41) is 5.44. The number of hydrogen-bond acceptors (Lipinski definition) is 3. The van der Waals surface area contributed by atoms with Gasteiger partial charge in [0, 0.05) is 13.7 Å². The third kappa shape index (κ3) is 4.99. The molecule has 1 aliphatic rings. The van der Waals surface area contributed by atoms with Crippen LogP contribution in [0.25, 0.3) is 0 Å². The Labute approximate surface area is 111 Å². The molecule has 19 heavy (non-hydrogen) atoms. The van der Waals surface area contributed by atoms with Crippen molar-refractivity contribution in [3.63, 3.8) is 0 Å². The van der Waals surface area contributed by atoms with Gasteiger partial charge in [-0.05, 0) is 26.7 Å². The van der Waals surface area contributed by atoms with E-state index in [9.17, 15) is 18.0 Å². The fourth-order valence-corrected chi connectivity index (χ4v) is 2.18. The Balaban J connectivity index is 2.45. The van der Waals surface area contributed by atoms with E-state index in [1.54, 1.807) is 13.8 Å². The summed E-state index contributed by atoms with van der Waals surface area (Å²) >= 11 is 0. The van der Waals surface area contributed by atoms with Crippen LogP contribution in [0.15, 0.2) is 0 Å². The van der Waals surface area contributed by atoms with Crippen LogP contribution in [0.1, 0.15) is 26.7 Å². The van der Waals surface area contributed by atoms with Crippen molar-refractivity contribution in [2.75, 3.05) is 20.3 Å². The van der Waals surface area contributed by atoms with Gasteiger partial charge < -0.3 is 15.4 Å². The molecule has 0 aromatic rings. The lowest BCUT2D eigenvalue weighted by molar-refractivity contribution is -0.180. The molecule has 2 N–H and O–H groups in total. The molecule has 2 atom stereocenters. The topological polar surface area (TPSA) is 50.4 Å².